The third kappa shape index (κ3) is 2.71. The Morgan fingerprint density at radius 2 is 1.93 bits per heavy atom. The average molecular weight is 198 g/mol. The first kappa shape index (κ1) is 11.5. The molecule has 1 heterocycles. The van der Waals surface area contributed by atoms with Crippen LogP contribution in [0.2, 0.25) is 0 Å². The molecule has 0 N–H and O–H groups in total. The summed E-state index contributed by atoms with van der Waals surface area (Å²) < 4.78 is 0. The fourth-order valence-electron chi connectivity index (χ4n) is 1.60. The van der Waals surface area contributed by atoms with Gasteiger partial charge in [0.1, 0.15) is 0 Å². The maximum absolute atomic E-state index is 11.0. The Bertz CT molecular complexity index is 214. The maximum atomic E-state index is 11.0. The minimum Gasteiger partial charge on any atom is -0.342 e. The summed E-state index contributed by atoms with van der Waals surface area (Å²) in [6, 6.07) is 0. The van der Waals surface area contributed by atoms with Crippen LogP contribution in [0.1, 0.15) is 27.7 Å². The third-order valence-corrected chi connectivity index (χ3v) is 3.08. The largest absolute Gasteiger partial charge is 0.342 e. The molecule has 1 aliphatic heterocycles. The van der Waals surface area contributed by atoms with Crippen molar-refractivity contribution in [3.8, 4) is 0 Å². The van der Waals surface area contributed by atoms with Gasteiger partial charge in [-0.3, -0.25) is 4.79 Å². The fraction of sp³-hybridized carbons (Fsp3) is 0.909. The van der Waals surface area contributed by atoms with Gasteiger partial charge in [-0.2, -0.15) is 0 Å². The van der Waals surface area contributed by atoms with Gasteiger partial charge >= 0.3 is 0 Å². The van der Waals surface area contributed by atoms with E-state index >= 15 is 0 Å². The van der Waals surface area contributed by atoms with E-state index in [-0.39, 0.29) is 11.4 Å². The Balaban J connectivity index is 2.26. The zero-order valence-electron chi connectivity index (χ0n) is 10.0. The summed E-state index contributed by atoms with van der Waals surface area (Å²) in [7, 11) is 2.15. The quantitative estimate of drug-likeness (QED) is 0.665. The van der Waals surface area contributed by atoms with E-state index in [4.69, 9.17) is 0 Å². The van der Waals surface area contributed by atoms with Crippen molar-refractivity contribution in [3.05, 3.63) is 0 Å². The molecule has 0 aromatic carbocycles. The molecule has 1 rings (SSSR count). The highest BCUT2D eigenvalue weighted by molar-refractivity contribution is 5.74. The van der Waals surface area contributed by atoms with Gasteiger partial charge in [0.05, 0.1) is 0 Å². The minimum atomic E-state index is 0.208. The first-order chi connectivity index (χ1) is 6.30. The molecule has 0 radical (unpaired) electrons. The fourth-order valence-corrected chi connectivity index (χ4v) is 1.60. The van der Waals surface area contributed by atoms with Gasteiger partial charge in [-0.15, -0.1) is 0 Å². The SMILES string of the molecule is CC(=O)N1CC(CN(C)C(C)(C)C)C1. The molecule has 14 heavy (non-hydrogen) atoms. The number of nitrogens with zero attached hydrogens (tertiary/aromatic N) is 2. The molecule has 0 atom stereocenters. The predicted molar refractivity (Wildman–Crippen MR) is 58.1 cm³/mol. The summed E-state index contributed by atoms with van der Waals surface area (Å²) in [6.07, 6.45) is 0. The molecule has 0 aromatic rings. The summed E-state index contributed by atoms with van der Waals surface area (Å²) in [5.41, 5.74) is 0.233. The normalized spacial score (nSPS) is 18.6. The third-order valence-electron chi connectivity index (χ3n) is 3.08. The van der Waals surface area contributed by atoms with Gasteiger partial charge in [0.15, 0.2) is 0 Å². The molecule has 1 aliphatic rings. The van der Waals surface area contributed by atoms with Crippen molar-refractivity contribution in [2.75, 3.05) is 26.7 Å². The number of carbonyl (C=O) groups excluding carboxylic acids is 1. The summed E-state index contributed by atoms with van der Waals surface area (Å²) in [5, 5.41) is 0. The zero-order chi connectivity index (χ0) is 10.9. The van der Waals surface area contributed by atoms with Crippen molar-refractivity contribution in [3.63, 3.8) is 0 Å². The highest BCUT2D eigenvalue weighted by Gasteiger charge is 2.31. The lowest BCUT2D eigenvalue weighted by atomic mass is 9.97. The van der Waals surface area contributed by atoms with E-state index in [0.717, 1.165) is 19.6 Å². The first-order valence-electron chi connectivity index (χ1n) is 5.27. The molecule has 1 saturated heterocycles. The van der Waals surface area contributed by atoms with Crippen LogP contribution in [0.5, 0.6) is 0 Å². The van der Waals surface area contributed by atoms with E-state index in [0.29, 0.717) is 5.92 Å². The smallest absolute Gasteiger partial charge is 0.219 e. The summed E-state index contributed by atoms with van der Waals surface area (Å²) in [4.78, 5) is 15.2. The monoisotopic (exact) mass is 198 g/mol. The maximum Gasteiger partial charge on any atom is 0.219 e. The Labute approximate surface area is 87.1 Å². The molecule has 0 aromatic heterocycles. The molecule has 0 saturated carbocycles. The predicted octanol–water partition coefficient (Wildman–Crippen LogP) is 1.19. The number of hydrogen-bond donors (Lipinski definition) is 0. The minimum absolute atomic E-state index is 0.208. The lowest BCUT2D eigenvalue weighted by Gasteiger charge is -2.43. The van der Waals surface area contributed by atoms with Gasteiger partial charge in [0, 0.05) is 38.0 Å². The van der Waals surface area contributed by atoms with Gasteiger partial charge < -0.3 is 9.80 Å². The van der Waals surface area contributed by atoms with Crippen LogP contribution < -0.4 is 0 Å². The van der Waals surface area contributed by atoms with Crippen molar-refractivity contribution >= 4 is 5.91 Å². The zero-order valence-corrected chi connectivity index (χ0v) is 10.0. The second kappa shape index (κ2) is 3.89. The molecule has 0 aliphatic carbocycles. The van der Waals surface area contributed by atoms with Gasteiger partial charge in [-0.25, -0.2) is 0 Å². The van der Waals surface area contributed by atoms with E-state index in [9.17, 15) is 4.79 Å². The van der Waals surface area contributed by atoms with E-state index in [1.165, 1.54) is 0 Å². The van der Waals surface area contributed by atoms with E-state index in [1.54, 1.807) is 6.92 Å². The van der Waals surface area contributed by atoms with Gasteiger partial charge in [0.2, 0.25) is 5.91 Å². The van der Waals surface area contributed by atoms with Crippen LogP contribution in [0.4, 0.5) is 0 Å². The molecule has 0 bridgehead atoms. The molecular formula is C11H22N2O. The van der Waals surface area contributed by atoms with Gasteiger partial charge in [-0.05, 0) is 27.8 Å². The molecule has 3 heteroatoms. The van der Waals surface area contributed by atoms with Gasteiger partial charge in [0.25, 0.3) is 0 Å². The summed E-state index contributed by atoms with van der Waals surface area (Å²) in [6.45, 7) is 11.3. The summed E-state index contributed by atoms with van der Waals surface area (Å²) >= 11 is 0. The van der Waals surface area contributed by atoms with Crippen LogP contribution in [0, 0.1) is 5.92 Å². The molecule has 1 amide bonds. The standard InChI is InChI=1S/C11H22N2O/c1-9(14)13-7-10(8-13)6-12(5)11(2,3)4/h10H,6-8H2,1-5H3. The first-order valence-corrected chi connectivity index (χ1v) is 5.27. The number of rotatable bonds is 2. The van der Waals surface area contributed by atoms with Crippen molar-refractivity contribution in [1.82, 2.24) is 9.80 Å². The molecular weight excluding hydrogens is 176 g/mol. The molecule has 1 fully saturated rings. The number of amides is 1. The number of likely N-dealkylation sites (tertiary alicyclic amines) is 1. The molecule has 0 unspecified atom stereocenters. The second-order valence-corrected chi connectivity index (χ2v) is 5.34. The Hall–Kier alpha value is -0.570. The van der Waals surface area contributed by atoms with Crippen LogP contribution in [0.25, 0.3) is 0 Å². The van der Waals surface area contributed by atoms with Crippen molar-refractivity contribution in [1.29, 1.82) is 0 Å². The number of hydrogen-bond acceptors (Lipinski definition) is 2. The van der Waals surface area contributed by atoms with Crippen LogP contribution in [-0.4, -0.2) is 47.9 Å². The van der Waals surface area contributed by atoms with Crippen LogP contribution in [0.3, 0.4) is 0 Å². The van der Waals surface area contributed by atoms with Crippen LogP contribution >= 0.6 is 0 Å². The van der Waals surface area contributed by atoms with Crippen LogP contribution in [-0.2, 0) is 4.79 Å². The highest BCUT2D eigenvalue weighted by atomic mass is 16.2. The van der Waals surface area contributed by atoms with Gasteiger partial charge in [-0.1, -0.05) is 0 Å². The lowest BCUT2D eigenvalue weighted by molar-refractivity contribution is -0.135. The Morgan fingerprint density at radius 1 is 1.43 bits per heavy atom. The van der Waals surface area contributed by atoms with Crippen molar-refractivity contribution in [2.24, 2.45) is 5.92 Å². The molecule has 82 valence electrons. The Morgan fingerprint density at radius 3 is 2.29 bits per heavy atom. The second-order valence-electron chi connectivity index (χ2n) is 5.34. The van der Waals surface area contributed by atoms with E-state index < -0.39 is 0 Å². The van der Waals surface area contributed by atoms with Crippen molar-refractivity contribution < 1.29 is 4.79 Å². The molecule has 0 spiro atoms. The van der Waals surface area contributed by atoms with E-state index in [1.807, 2.05) is 4.90 Å². The summed E-state index contributed by atoms with van der Waals surface area (Å²) in [5.74, 6) is 0.878. The molecule has 3 nitrogen and oxygen atoms in total. The average Bonchev–Trinajstić information content (AvgIpc) is 1.92. The van der Waals surface area contributed by atoms with Crippen LogP contribution in [0.15, 0.2) is 0 Å². The lowest BCUT2D eigenvalue weighted by Crippen LogP contribution is -2.54. The van der Waals surface area contributed by atoms with Crippen molar-refractivity contribution in [2.45, 2.75) is 33.2 Å². The van der Waals surface area contributed by atoms with E-state index in [2.05, 4.69) is 32.7 Å². The highest BCUT2D eigenvalue weighted by Crippen LogP contribution is 2.20. The number of carbonyl (C=O) groups is 1. The Kier molecular flexibility index (Phi) is 3.20. The topological polar surface area (TPSA) is 23.6 Å².